The van der Waals surface area contributed by atoms with Gasteiger partial charge in [-0.15, -0.1) is 0 Å². The molecule has 0 spiro atoms. The number of rotatable bonds is 44. The number of allylic oxidation sites excluding steroid dienone is 20. The SMILES string of the molecule is COC1=CC[C@@H]([C@@H](C)/C=C(C)/C=C\C=C/C(=O)N[C@@H](C(N)=O)C(C)(C)C)OC1=O.COC1=CC[C@@H]([C@@H](C)/C=C(C)/C=C\C=C/C(=O)N[C@H](C(=O)N/C=C\CC(=O)C/C=C(\C)Cl)C(C)(C)C)OC1=O.COC1=CC[C@@H]([C@@H](C)/C=C(C)/C=C\C=C/C(=O)N[C@H](C(=O)N/C=C\C[C@H](C/C=C(\C)Cl)OC(=O)Nc2ccccc2)C(C)(C)C)OC1=O.COC1=CC[C@@H]([C@@H](C)/C=C(C)/C=C\C=C/C(=O)N[C@H](C(N)=O)C(C)(C)C)OC1=O. The summed E-state index contributed by atoms with van der Waals surface area (Å²) in [6.45, 7) is 41.1. The molecule has 32 nitrogen and oxygen atoms in total. The number of amides is 9. The van der Waals surface area contributed by atoms with Crippen LogP contribution in [0.2, 0.25) is 0 Å². The Morgan fingerprint density at radius 2 is 0.669 bits per heavy atom. The first-order valence-electron chi connectivity index (χ1n) is 47.7. The molecule has 5 rings (SSSR count). The fourth-order valence-corrected chi connectivity index (χ4v) is 14.1. The van der Waals surface area contributed by atoms with E-state index in [1.54, 1.807) is 135 Å². The van der Waals surface area contributed by atoms with Crippen molar-refractivity contribution in [2.75, 3.05) is 33.8 Å². The van der Waals surface area contributed by atoms with Crippen molar-refractivity contribution < 1.29 is 110 Å². The zero-order valence-corrected chi connectivity index (χ0v) is 90.2. The van der Waals surface area contributed by atoms with Crippen LogP contribution < -0.4 is 48.7 Å². The minimum absolute atomic E-state index is 0.00886. The van der Waals surface area contributed by atoms with E-state index in [2.05, 4.69) is 37.2 Å². The van der Waals surface area contributed by atoms with Gasteiger partial charge in [-0.05, 0) is 106 Å². The largest absolute Gasteiger partial charge is 0.490 e. The van der Waals surface area contributed by atoms with Crippen LogP contribution in [0.5, 0.6) is 0 Å². The summed E-state index contributed by atoms with van der Waals surface area (Å²) in [6.07, 6.45) is 51.7. The molecule has 0 saturated carbocycles. The van der Waals surface area contributed by atoms with E-state index in [-0.39, 0.29) is 95.7 Å². The normalized spacial score (nSPS) is 19.0. The Bertz CT molecular complexity index is 5120. The number of carbonyl (C=O) groups is 14. The second kappa shape index (κ2) is 64.9. The Labute approximate surface area is 865 Å². The standard InChI is InChI=1S/C37H48ClN3O7.C30H41ClN2O6.2C22H32N2O5/c1-25(24-26(2)30-21-22-31(46-7)35(44)48-30)14-11-12-18-32(42)41-33(37(4,5)6)34(43)39-23-13-17-29(20-19-27(3)38)47-36(45)40-28-15-9-8-10-16-28;1-20(19-21(2)24-16-17-25(38-7)29(37)39-24)11-8-9-13-26(35)33-27(30(4,5)6)28(36)32-18-10-12-23(34)15-14-22(3)31;2*1-14(13-15(2)16-11-12-17(28-6)21(27)29-16)9-7-8-10-18(25)24-19(20(23)26)22(3,4)5/h8-16,18-19,22-24,26,29-30,33H,17,20-21H2,1-7H3,(H,39,43)(H,40,45)(H,41,42);8-11,13-14,17-19,21,24,27H,12,15-16H2,1-7H3,(H,32,36)(H,33,35);2*7-10,12-13,15-16,19H,11H2,1-6H3,(H2,23,26)(H,24,25)/b14-11-,18-12-,23-13-,25-24+,27-19+;11-8-,13-9-,18-10-,20-19+,22-14+;2*9-7-,10-8-,14-13+/t26-,29+,30-,33+;21-,24-,27+;15-,16-,19+;15-,16-,19-/m0000/s1. The molecule has 4 heterocycles. The molecular formula is C111H153Cl2N9O23. The van der Waals surface area contributed by atoms with E-state index in [1.165, 1.54) is 65.1 Å². The van der Waals surface area contributed by atoms with Crippen molar-refractivity contribution >= 4 is 112 Å². The molecule has 145 heavy (non-hydrogen) atoms. The fourth-order valence-electron chi connectivity index (χ4n) is 13.9. The van der Waals surface area contributed by atoms with Gasteiger partial charge in [0, 0.05) is 121 Å². The first-order valence-corrected chi connectivity index (χ1v) is 48.4. The zero-order valence-electron chi connectivity index (χ0n) is 88.7. The Morgan fingerprint density at radius 3 is 0.931 bits per heavy atom. The van der Waals surface area contributed by atoms with Gasteiger partial charge in [-0.25, -0.2) is 24.0 Å². The van der Waals surface area contributed by atoms with E-state index in [0.29, 0.717) is 54.3 Å². The van der Waals surface area contributed by atoms with Crippen LogP contribution in [0.3, 0.4) is 0 Å². The summed E-state index contributed by atoms with van der Waals surface area (Å²) in [5, 5.41) is 19.9. The summed E-state index contributed by atoms with van der Waals surface area (Å²) in [5.41, 5.74) is 13.0. The minimum Gasteiger partial charge on any atom is -0.490 e. The van der Waals surface area contributed by atoms with Gasteiger partial charge in [0.2, 0.25) is 47.3 Å². The molecule has 4 aliphatic heterocycles. The number of nitrogens with one attached hydrogen (secondary N) is 7. The lowest BCUT2D eigenvalue weighted by atomic mass is 9.86. The van der Waals surface area contributed by atoms with Gasteiger partial charge in [0.1, 0.15) is 60.5 Å². The molecule has 794 valence electrons. The first-order chi connectivity index (χ1) is 67.8. The van der Waals surface area contributed by atoms with Crippen LogP contribution in [0.4, 0.5) is 10.5 Å². The lowest BCUT2D eigenvalue weighted by Gasteiger charge is -2.29. The molecule has 0 fully saturated rings. The molecule has 0 unspecified atom stereocenters. The number of esters is 4. The number of carbonyl (C=O) groups excluding carboxylic acids is 14. The van der Waals surface area contributed by atoms with Crippen LogP contribution in [0.1, 0.15) is 204 Å². The molecule has 0 saturated heterocycles. The number of Topliss-reactive ketones (excluding diaryl/α,β-unsaturated/α-hetero) is 1. The lowest BCUT2D eigenvalue weighted by molar-refractivity contribution is -0.152. The number of ketones is 1. The highest BCUT2D eigenvalue weighted by atomic mass is 35.5. The van der Waals surface area contributed by atoms with Crippen molar-refractivity contribution in [3.8, 4) is 0 Å². The number of anilines is 1. The molecule has 1 aromatic rings. The number of nitrogens with two attached hydrogens (primary N) is 2. The van der Waals surface area contributed by atoms with Crippen LogP contribution in [0, 0.1) is 45.3 Å². The quantitative estimate of drug-likeness (QED) is 0.0127. The van der Waals surface area contributed by atoms with Crippen molar-refractivity contribution in [2.45, 2.75) is 258 Å². The number of para-hydroxylation sites is 1. The monoisotopic (exact) mass is 2050 g/mol. The van der Waals surface area contributed by atoms with Crippen LogP contribution in [0.15, 0.2) is 268 Å². The highest BCUT2D eigenvalue weighted by molar-refractivity contribution is 6.29. The number of ether oxygens (including phenoxy) is 9. The van der Waals surface area contributed by atoms with Gasteiger partial charge in [-0.1, -0.05) is 296 Å². The van der Waals surface area contributed by atoms with E-state index in [1.807, 2.05) is 193 Å². The smallest absolute Gasteiger partial charge is 0.411 e. The number of hydrogen-bond acceptors (Lipinski definition) is 23. The molecule has 9 amide bonds. The van der Waals surface area contributed by atoms with Crippen LogP contribution in [-0.2, 0) is 105 Å². The summed E-state index contributed by atoms with van der Waals surface area (Å²) >= 11 is 11.7. The van der Waals surface area contributed by atoms with Gasteiger partial charge >= 0.3 is 30.0 Å². The first kappa shape index (κ1) is 127. The van der Waals surface area contributed by atoms with Crippen molar-refractivity contribution in [1.29, 1.82) is 0 Å². The average molecular weight is 2050 g/mol. The number of halogens is 2. The van der Waals surface area contributed by atoms with Gasteiger partial charge in [-0.2, -0.15) is 0 Å². The summed E-state index contributed by atoms with van der Waals surface area (Å²) < 4.78 is 47.1. The number of hydrogen-bond donors (Lipinski definition) is 9. The Morgan fingerprint density at radius 1 is 0.393 bits per heavy atom. The molecule has 34 heteroatoms. The highest BCUT2D eigenvalue weighted by Crippen LogP contribution is 2.30. The Hall–Kier alpha value is -13.6. The lowest BCUT2D eigenvalue weighted by Crippen LogP contribution is -2.52. The van der Waals surface area contributed by atoms with Crippen molar-refractivity contribution in [3.63, 3.8) is 0 Å². The molecule has 0 aromatic heterocycles. The Balaban J connectivity index is 0.000000668. The maximum Gasteiger partial charge on any atom is 0.411 e. The third-order valence-electron chi connectivity index (χ3n) is 21.9. The molecule has 1 aromatic carbocycles. The average Bonchev–Trinajstić information content (AvgIpc) is 0.890. The number of benzene rings is 1. The summed E-state index contributed by atoms with van der Waals surface area (Å²) in [5.74, 6) is -4.47. The van der Waals surface area contributed by atoms with Crippen LogP contribution in [-0.4, -0.2) is 166 Å². The molecule has 0 aliphatic carbocycles. The predicted molar refractivity (Wildman–Crippen MR) is 565 cm³/mol. The molecule has 0 radical (unpaired) electrons. The second-order valence-electron chi connectivity index (χ2n) is 39.1. The van der Waals surface area contributed by atoms with Gasteiger partial charge in [0.05, 0.1) is 28.4 Å². The van der Waals surface area contributed by atoms with Crippen molar-refractivity contribution in [3.05, 3.63) is 268 Å². The molecule has 11 N–H and O–H groups in total. The third kappa shape index (κ3) is 52.5. The van der Waals surface area contributed by atoms with E-state index < -0.39 is 123 Å². The summed E-state index contributed by atoms with van der Waals surface area (Å²) in [4.78, 5) is 170. The number of primary amides is 2. The Kier molecular flexibility index (Phi) is 57.0. The third-order valence-corrected chi connectivity index (χ3v) is 22.2. The van der Waals surface area contributed by atoms with Crippen LogP contribution in [0.25, 0.3) is 0 Å². The van der Waals surface area contributed by atoms with Gasteiger partial charge in [-0.3, -0.25) is 48.5 Å². The highest BCUT2D eigenvalue weighted by Gasteiger charge is 2.37. The maximum absolute atomic E-state index is 13.1. The molecule has 0 bridgehead atoms. The van der Waals surface area contributed by atoms with Gasteiger partial charge in [0.15, 0.2) is 23.0 Å². The molecule has 13 atom stereocenters. The molecule has 4 aliphatic rings. The van der Waals surface area contributed by atoms with Crippen molar-refractivity contribution in [1.82, 2.24) is 31.9 Å². The zero-order chi connectivity index (χ0) is 110. The van der Waals surface area contributed by atoms with Gasteiger partial charge in [0.25, 0.3) is 0 Å². The predicted octanol–water partition coefficient (Wildman–Crippen LogP) is 17.5. The fraction of sp³-hybridized carbons (Fsp3) is 0.459. The van der Waals surface area contributed by atoms with E-state index in [0.717, 1.165) is 22.3 Å². The van der Waals surface area contributed by atoms with E-state index >= 15 is 0 Å². The van der Waals surface area contributed by atoms with Crippen LogP contribution >= 0.6 is 23.2 Å². The number of cyclic esters (lactones) is 4. The summed E-state index contributed by atoms with van der Waals surface area (Å²) in [7, 11) is 5.75. The summed E-state index contributed by atoms with van der Waals surface area (Å²) in [6, 6.07) is 5.82. The second-order valence-corrected chi connectivity index (χ2v) is 40.3. The maximum atomic E-state index is 13.1. The van der Waals surface area contributed by atoms with Crippen molar-refractivity contribution in [2.24, 2.45) is 56.8 Å². The minimum atomic E-state index is -0.831. The number of methoxy groups -OCH3 is 4. The topological polar surface area (TPSA) is 458 Å². The van der Waals surface area contributed by atoms with Gasteiger partial charge < -0.3 is 86.0 Å². The van der Waals surface area contributed by atoms with E-state index in [4.69, 9.17) is 77.3 Å². The molecular weight excluding hydrogens is 1900 g/mol. The van der Waals surface area contributed by atoms with E-state index in [9.17, 15) is 67.1 Å².